The molecule has 0 aliphatic heterocycles. The van der Waals surface area contributed by atoms with Gasteiger partial charge in [0, 0.05) is 6.04 Å². The standard InChI is InChI=1S/C11H15N3/c1-8(14(2)3)9-4-5-10-11(6-9)13-7-12-10/h4-8H,1-3H3,(H,12,13). The Morgan fingerprint density at radius 3 is 2.86 bits per heavy atom. The molecule has 0 saturated heterocycles. The summed E-state index contributed by atoms with van der Waals surface area (Å²) in [5.74, 6) is 0. The second kappa shape index (κ2) is 3.42. The number of rotatable bonds is 2. The number of hydrogen-bond donors (Lipinski definition) is 1. The number of H-pyrrole nitrogens is 1. The van der Waals surface area contributed by atoms with Gasteiger partial charge in [-0.3, -0.25) is 0 Å². The van der Waals surface area contributed by atoms with Crippen molar-refractivity contribution in [1.82, 2.24) is 14.9 Å². The van der Waals surface area contributed by atoms with Gasteiger partial charge in [-0.25, -0.2) is 4.98 Å². The molecule has 0 spiro atoms. The molecule has 2 rings (SSSR count). The van der Waals surface area contributed by atoms with Gasteiger partial charge >= 0.3 is 0 Å². The molecule has 0 aliphatic carbocycles. The molecule has 1 heterocycles. The Balaban J connectivity index is 2.43. The molecule has 0 radical (unpaired) electrons. The van der Waals surface area contributed by atoms with Crippen LogP contribution in [0.1, 0.15) is 18.5 Å². The summed E-state index contributed by atoms with van der Waals surface area (Å²) in [5.41, 5.74) is 3.45. The highest BCUT2D eigenvalue weighted by Gasteiger charge is 2.08. The van der Waals surface area contributed by atoms with Crippen LogP contribution in [0.3, 0.4) is 0 Å². The lowest BCUT2D eigenvalue weighted by molar-refractivity contribution is 0.321. The van der Waals surface area contributed by atoms with Gasteiger partial charge in [0.15, 0.2) is 0 Å². The predicted molar refractivity (Wildman–Crippen MR) is 58.2 cm³/mol. The molecule has 0 fully saturated rings. The summed E-state index contributed by atoms with van der Waals surface area (Å²) in [6, 6.07) is 6.78. The van der Waals surface area contributed by atoms with Gasteiger partial charge in [-0.15, -0.1) is 0 Å². The molecule has 1 N–H and O–H groups in total. The summed E-state index contributed by atoms with van der Waals surface area (Å²) < 4.78 is 0. The second-order valence-electron chi connectivity index (χ2n) is 3.82. The van der Waals surface area contributed by atoms with Crippen LogP contribution in [0.2, 0.25) is 0 Å². The average molecular weight is 189 g/mol. The molecular weight excluding hydrogens is 174 g/mol. The molecule has 1 unspecified atom stereocenters. The minimum atomic E-state index is 0.433. The summed E-state index contributed by atoms with van der Waals surface area (Å²) in [6.45, 7) is 2.19. The van der Waals surface area contributed by atoms with Crippen molar-refractivity contribution in [3.8, 4) is 0 Å². The Bertz CT molecular complexity index is 431. The fourth-order valence-corrected chi connectivity index (χ4v) is 1.51. The molecule has 1 aromatic heterocycles. The van der Waals surface area contributed by atoms with E-state index in [1.807, 2.05) is 0 Å². The summed E-state index contributed by atoms with van der Waals surface area (Å²) in [4.78, 5) is 9.51. The van der Waals surface area contributed by atoms with E-state index >= 15 is 0 Å². The van der Waals surface area contributed by atoms with Crippen molar-refractivity contribution in [2.24, 2.45) is 0 Å². The first-order valence-electron chi connectivity index (χ1n) is 4.78. The number of aromatic nitrogens is 2. The van der Waals surface area contributed by atoms with E-state index in [1.165, 1.54) is 5.56 Å². The van der Waals surface area contributed by atoms with Crippen molar-refractivity contribution in [3.63, 3.8) is 0 Å². The topological polar surface area (TPSA) is 31.9 Å². The summed E-state index contributed by atoms with van der Waals surface area (Å²) in [5, 5.41) is 0. The van der Waals surface area contributed by atoms with E-state index in [1.54, 1.807) is 6.33 Å². The minimum absolute atomic E-state index is 0.433. The van der Waals surface area contributed by atoms with E-state index in [4.69, 9.17) is 0 Å². The average Bonchev–Trinajstić information content (AvgIpc) is 2.62. The van der Waals surface area contributed by atoms with Crippen LogP contribution in [0.15, 0.2) is 24.5 Å². The maximum atomic E-state index is 4.19. The monoisotopic (exact) mass is 189 g/mol. The zero-order chi connectivity index (χ0) is 10.1. The molecule has 2 aromatic rings. The molecule has 74 valence electrons. The zero-order valence-corrected chi connectivity index (χ0v) is 8.78. The maximum absolute atomic E-state index is 4.19. The Labute approximate surface area is 83.8 Å². The highest BCUT2D eigenvalue weighted by Crippen LogP contribution is 2.20. The van der Waals surface area contributed by atoms with Gasteiger partial charge < -0.3 is 9.88 Å². The molecule has 3 nitrogen and oxygen atoms in total. The first-order chi connectivity index (χ1) is 6.68. The van der Waals surface area contributed by atoms with E-state index in [0.29, 0.717) is 6.04 Å². The Morgan fingerprint density at radius 2 is 2.14 bits per heavy atom. The van der Waals surface area contributed by atoms with Crippen LogP contribution in [-0.2, 0) is 0 Å². The number of hydrogen-bond acceptors (Lipinski definition) is 2. The van der Waals surface area contributed by atoms with Gasteiger partial charge in [0.1, 0.15) is 0 Å². The molecule has 3 heteroatoms. The SMILES string of the molecule is CC(c1ccc2nc[nH]c2c1)N(C)C. The zero-order valence-electron chi connectivity index (χ0n) is 8.78. The van der Waals surface area contributed by atoms with E-state index in [-0.39, 0.29) is 0 Å². The minimum Gasteiger partial charge on any atom is -0.345 e. The van der Waals surface area contributed by atoms with E-state index in [0.717, 1.165) is 11.0 Å². The van der Waals surface area contributed by atoms with Crippen LogP contribution in [0, 0.1) is 0 Å². The Kier molecular flexibility index (Phi) is 2.25. The quantitative estimate of drug-likeness (QED) is 0.785. The Hall–Kier alpha value is -1.35. The van der Waals surface area contributed by atoms with E-state index in [2.05, 4.69) is 54.1 Å². The van der Waals surface area contributed by atoms with Crippen LogP contribution < -0.4 is 0 Å². The van der Waals surface area contributed by atoms with Crippen LogP contribution in [0.25, 0.3) is 11.0 Å². The number of aromatic amines is 1. The molecule has 1 aromatic carbocycles. The van der Waals surface area contributed by atoms with E-state index in [9.17, 15) is 0 Å². The van der Waals surface area contributed by atoms with Gasteiger partial charge in [-0.2, -0.15) is 0 Å². The van der Waals surface area contributed by atoms with Crippen molar-refractivity contribution >= 4 is 11.0 Å². The number of nitrogens with zero attached hydrogens (tertiary/aromatic N) is 2. The number of imidazole rings is 1. The molecule has 1 atom stereocenters. The third-order valence-corrected chi connectivity index (χ3v) is 2.70. The van der Waals surface area contributed by atoms with Crippen molar-refractivity contribution in [3.05, 3.63) is 30.1 Å². The summed E-state index contributed by atoms with van der Waals surface area (Å²) >= 11 is 0. The fourth-order valence-electron chi connectivity index (χ4n) is 1.51. The van der Waals surface area contributed by atoms with Gasteiger partial charge in [0.2, 0.25) is 0 Å². The third kappa shape index (κ3) is 1.51. The fraction of sp³-hybridized carbons (Fsp3) is 0.364. The van der Waals surface area contributed by atoms with Crippen molar-refractivity contribution in [1.29, 1.82) is 0 Å². The largest absolute Gasteiger partial charge is 0.345 e. The van der Waals surface area contributed by atoms with Crippen LogP contribution >= 0.6 is 0 Å². The van der Waals surface area contributed by atoms with Gasteiger partial charge in [0.25, 0.3) is 0 Å². The van der Waals surface area contributed by atoms with Crippen LogP contribution in [0.4, 0.5) is 0 Å². The summed E-state index contributed by atoms with van der Waals surface area (Å²) in [7, 11) is 4.17. The number of benzene rings is 1. The first kappa shape index (κ1) is 9.21. The summed E-state index contributed by atoms with van der Waals surface area (Å²) in [6.07, 6.45) is 1.73. The molecular formula is C11H15N3. The van der Waals surface area contributed by atoms with Crippen LogP contribution in [-0.4, -0.2) is 29.0 Å². The van der Waals surface area contributed by atoms with Gasteiger partial charge in [0.05, 0.1) is 17.4 Å². The second-order valence-corrected chi connectivity index (χ2v) is 3.82. The Morgan fingerprint density at radius 1 is 1.36 bits per heavy atom. The molecule has 0 amide bonds. The lowest BCUT2D eigenvalue weighted by Gasteiger charge is -2.19. The lowest BCUT2D eigenvalue weighted by atomic mass is 10.1. The molecule has 0 saturated carbocycles. The van der Waals surface area contributed by atoms with Gasteiger partial charge in [-0.05, 0) is 38.7 Å². The van der Waals surface area contributed by atoms with Crippen molar-refractivity contribution in [2.45, 2.75) is 13.0 Å². The van der Waals surface area contributed by atoms with Crippen LogP contribution in [0.5, 0.6) is 0 Å². The van der Waals surface area contributed by atoms with Crippen molar-refractivity contribution in [2.75, 3.05) is 14.1 Å². The lowest BCUT2D eigenvalue weighted by Crippen LogP contribution is -2.16. The maximum Gasteiger partial charge on any atom is 0.0931 e. The predicted octanol–water partition coefficient (Wildman–Crippen LogP) is 2.19. The highest BCUT2D eigenvalue weighted by molar-refractivity contribution is 5.75. The molecule has 14 heavy (non-hydrogen) atoms. The smallest absolute Gasteiger partial charge is 0.0931 e. The molecule has 0 bridgehead atoms. The highest BCUT2D eigenvalue weighted by atomic mass is 15.1. The number of fused-ring (bicyclic) bond motifs is 1. The number of nitrogens with one attached hydrogen (secondary N) is 1. The molecule has 0 aliphatic rings. The van der Waals surface area contributed by atoms with E-state index < -0.39 is 0 Å². The van der Waals surface area contributed by atoms with Crippen molar-refractivity contribution < 1.29 is 0 Å². The first-order valence-corrected chi connectivity index (χ1v) is 4.78. The third-order valence-electron chi connectivity index (χ3n) is 2.70. The normalized spacial score (nSPS) is 13.7. The van der Waals surface area contributed by atoms with Gasteiger partial charge in [-0.1, -0.05) is 6.07 Å².